The Labute approximate surface area is 199 Å². The van der Waals surface area contributed by atoms with Crippen LogP contribution in [0.3, 0.4) is 0 Å². The lowest BCUT2D eigenvalue weighted by Crippen LogP contribution is -2.47. The zero-order chi connectivity index (χ0) is 22.6. The summed E-state index contributed by atoms with van der Waals surface area (Å²) in [7, 11) is 1.81. The molecular weight excluding hydrogens is 408 g/mol. The molecule has 1 aromatic heterocycles. The van der Waals surface area contributed by atoms with Gasteiger partial charge in [-0.25, -0.2) is 0 Å². The molecule has 1 spiro atoms. The maximum Gasteiger partial charge on any atom is 0.0691 e. The van der Waals surface area contributed by atoms with Crippen molar-refractivity contribution in [2.45, 2.75) is 87.2 Å². The number of hydrogen-bond acceptors (Lipinski definition) is 4. The summed E-state index contributed by atoms with van der Waals surface area (Å²) in [5.41, 5.74) is 4.49. The fraction of sp³-hybridized carbons (Fsp3) is 0.621. The van der Waals surface area contributed by atoms with Crippen molar-refractivity contribution in [1.29, 1.82) is 0 Å². The fourth-order valence-electron chi connectivity index (χ4n) is 6.93. The summed E-state index contributed by atoms with van der Waals surface area (Å²) in [4.78, 5) is 4.87. The number of methoxy groups -OCH3 is 1. The maximum atomic E-state index is 6.43. The average Bonchev–Trinajstić information content (AvgIpc) is 3.31. The molecule has 178 valence electrons. The Morgan fingerprint density at radius 3 is 2.64 bits per heavy atom. The molecule has 1 saturated heterocycles. The number of aromatic nitrogens is 1. The summed E-state index contributed by atoms with van der Waals surface area (Å²) in [6.07, 6.45) is 13.9. The highest BCUT2D eigenvalue weighted by Crippen LogP contribution is 2.49. The Kier molecular flexibility index (Phi) is 7.15. The van der Waals surface area contributed by atoms with Gasteiger partial charge in [0, 0.05) is 43.7 Å². The molecule has 1 N–H and O–H groups in total. The molecule has 2 fully saturated rings. The van der Waals surface area contributed by atoms with Crippen LogP contribution < -0.4 is 5.32 Å². The summed E-state index contributed by atoms with van der Waals surface area (Å²) in [5, 5.41) is 3.98. The molecule has 0 amide bonds. The summed E-state index contributed by atoms with van der Waals surface area (Å²) in [5.74, 6) is 0.622. The highest BCUT2D eigenvalue weighted by atomic mass is 16.5. The quantitative estimate of drug-likeness (QED) is 0.532. The van der Waals surface area contributed by atoms with Gasteiger partial charge >= 0.3 is 0 Å². The normalized spacial score (nSPS) is 28.6. The number of rotatable bonds is 8. The van der Waals surface area contributed by atoms with Crippen molar-refractivity contribution in [3.05, 3.63) is 65.5 Å². The van der Waals surface area contributed by atoms with Crippen molar-refractivity contribution in [3.8, 4) is 0 Å². The van der Waals surface area contributed by atoms with Gasteiger partial charge in [0.05, 0.1) is 5.60 Å². The van der Waals surface area contributed by atoms with Gasteiger partial charge in [-0.05, 0) is 87.1 Å². The second-order valence-corrected chi connectivity index (χ2v) is 10.6. The molecule has 1 aromatic carbocycles. The highest BCUT2D eigenvalue weighted by molar-refractivity contribution is 5.35. The minimum Gasteiger partial charge on any atom is -0.385 e. The lowest BCUT2D eigenvalue weighted by Gasteiger charge is -2.46. The number of fused-ring (bicyclic) bond motifs is 1. The van der Waals surface area contributed by atoms with Crippen molar-refractivity contribution in [3.63, 3.8) is 0 Å². The van der Waals surface area contributed by atoms with Crippen LogP contribution in [-0.4, -0.2) is 37.5 Å². The number of pyridine rings is 1. The van der Waals surface area contributed by atoms with E-state index in [2.05, 4.69) is 41.7 Å². The molecule has 1 saturated carbocycles. The second-order valence-electron chi connectivity index (χ2n) is 10.6. The van der Waals surface area contributed by atoms with E-state index in [9.17, 15) is 0 Å². The van der Waals surface area contributed by atoms with Gasteiger partial charge in [0.2, 0.25) is 0 Å². The van der Waals surface area contributed by atoms with Gasteiger partial charge in [-0.15, -0.1) is 0 Å². The Morgan fingerprint density at radius 2 is 1.85 bits per heavy atom. The first-order valence-electron chi connectivity index (χ1n) is 13.1. The van der Waals surface area contributed by atoms with Crippen LogP contribution in [0.5, 0.6) is 0 Å². The molecule has 4 heteroatoms. The summed E-state index contributed by atoms with van der Waals surface area (Å²) in [6, 6.07) is 16.0. The van der Waals surface area contributed by atoms with Gasteiger partial charge in [-0.2, -0.15) is 0 Å². The van der Waals surface area contributed by atoms with Crippen molar-refractivity contribution >= 4 is 0 Å². The predicted molar refractivity (Wildman–Crippen MR) is 133 cm³/mol. The molecule has 5 rings (SSSR count). The monoisotopic (exact) mass is 448 g/mol. The molecule has 2 heterocycles. The molecular formula is C29H40N2O2. The van der Waals surface area contributed by atoms with Gasteiger partial charge in [0.1, 0.15) is 0 Å². The molecule has 3 atom stereocenters. The molecule has 0 bridgehead atoms. The first kappa shape index (κ1) is 23.0. The lowest BCUT2D eigenvalue weighted by atomic mass is 9.68. The van der Waals surface area contributed by atoms with Crippen molar-refractivity contribution < 1.29 is 9.47 Å². The Bertz CT molecular complexity index is 896. The number of ether oxygens (including phenoxy) is 2. The standard InChI is InChI=1S/C29H40N2O2/c1-32-20-13-23-11-12-26(25-9-3-2-8-24(23)25)30-19-16-28(27-10-4-7-18-31-27)17-21-33-29(22-28)14-5-6-15-29/h2-4,7-10,18,23,26,30H,5-6,11-17,19-22H2,1H3/t23-,26+,28-/m1/s1. The molecule has 0 radical (unpaired) electrons. The van der Waals surface area contributed by atoms with E-state index >= 15 is 0 Å². The molecule has 0 unspecified atom stereocenters. The van der Waals surface area contributed by atoms with Crippen LogP contribution in [0.1, 0.15) is 93.0 Å². The third-order valence-electron chi connectivity index (χ3n) is 8.65. The Balaban J connectivity index is 1.30. The molecule has 33 heavy (non-hydrogen) atoms. The first-order valence-corrected chi connectivity index (χ1v) is 13.1. The first-order chi connectivity index (χ1) is 16.2. The third-order valence-corrected chi connectivity index (χ3v) is 8.65. The molecule has 2 aromatic rings. The summed E-state index contributed by atoms with van der Waals surface area (Å²) in [6.45, 7) is 2.73. The molecule has 3 aliphatic rings. The van der Waals surface area contributed by atoms with E-state index < -0.39 is 0 Å². The zero-order valence-electron chi connectivity index (χ0n) is 20.2. The van der Waals surface area contributed by atoms with E-state index in [0.29, 0.717) is 12.0 Å². The van der Waals surface area contributed by atoms with E-state index in [4.69, 9.17) is 14.5 Å². The van der Waals surface area contributed by atoms with Gasteiger partial charge in [0.25, 0.3) is 0 Å². The summed E-state index contributed by atoms with van der Waals surface area (Å²) < 4.78 is 11.8. The van der Waals surface area contributed by atoms with Crippen LogP contribution in [0.2, 0.25) is 0 Å². The van der Waals surface area contributed by atoms with E-state index in [1.807, 2.05) is 19.4 Å². The van der Waals surface area contributed by atoms with Crippen LogP contribution in [0, 0.1) is 0 Å². The van der Waals surface area contributed by atoms with Gasteiger partial charge in [-0.3, -0.25) is 4.98 Å². The summed E-state index contributed by atoms with van der Waals surface area (Å²) >= 11 is 0. The van der Waals surface area contributed by atoms with Gasteiger partial charge < -0.3 is 14.8 Å². The number of nitrogens with zero attached hydrogens (tertiary/aromatic N) is 1. The lowest BCUT2D eigenvalue weighted by molar-refractivity contribution is -0.104. The van der Waals surface area contributed by atoms with Gasteiger partial charge in [0.15, 0.2) is 0 Å². The van der Waals surface area contributed by atoms with Crippen LogP contribution >= 0.6 is 0 Å². The van der Waals surface area contributed by atoms with Crippen LogP contribution in [0.4, 0.5) is 0 Å². The number of benzene rings is 1. The van der Waals surface area contributed by atoms with Gasteiger partial charge in [-0.1, -0.05) is 43.2 Å². The Morgan fingerprint density at radius 1 is 1.03 bits per heavy atom. The minimum atomic E-state index is 0.0851. The van der Waals surface area contributed by atoms with E-state index in [1.54, 1.807) is 0 Å². The topological polar surface area (TPSA) is 43.4 Å². The maximum absolute atomic E-state index is 6.43. The number of hydrogen-bond donors (Lipinski definition) is 1. The zero-order valence-corrected chi connectivity index (χ0v) is 20.2. The third kappa shape index (κ3) is 4.89. The van der Waals surface area contributed by atoms with Crippen LogP contribution in [-0.2, 0) is 14.9 Å². The SMILES string of the molecule is COCC[C@H]1CC[C@H](NCC[C@@]2(c3ccccn3)CCOC3(CCCC3)C2)c2ccccc21. The minimum absolute atomic E-state index is 0.0851. The smallest absolute Gasteiger partial charge is 0.0691 e. The van der Waals surface area contributed by atoms with Crippen LogP contribution in [0.25, 0.3) is 0 Å². The number of nitrogens with one attached hydrogen (secondary N) is 1. The molecule has 1 aliphatic heterocycles. The second kappa shape index (κ2) is 10.2. The fourth-order valence-corrected chi connectivity index (χ4v) is 6.93. The van der Waals surface area contributed by atoms with Crippen molar-refractivity contribution in [2.24, 2.45) is 0 Å². The molecule has 4 nitrogen and oxygen atoms in total. The molecule has 2 aliphatic carbocycles. The van der Waals surface area contributed by atoms with Crippen LogP contribution in [0.15, 0.2) is 48.7 Å². The predicted octanol–water partition coefficient (Wildman–Crippen LogP) is 6.08. The highest BCUT2D eigenvalue weighted by Gasteiger charge is 2.48. The largest absolute Gasteiger partial charge is 0.385 e. The van der Waals surface area contributed by atoms with E-state index in [-0.39, 0.29) is 11.0 Å². The average molecular weight is 449 g/mol. The Hall–Kier alpha value is -1.75. The van der Waals surface area contributed by atoms with E-state index in [1.165, 1.54) is 55.3 Å². The van der Waals surface area contributed by atoms with Crippen molar-refractivity contribution in [2.75, 3.05) is 26.9 Å². The van der Waals surface area contributed by atoms with Crippen molar-refractivity contribution in [1.82, 2.24) is 10.3 Å². The van der Waals surface area contributed by atoms with E-state index in [0.717, 1.165) is 45.4 Å².